The van der Waals surface area contributed by atoms with Gasteiger partial charge in [-0.3, -0.25) is 15.0 Å². The Morgan fingerprint density at radius 3 is 1.82 bits per heavy atom. The Hall–Kier alpha value is -1.30. The number of carbonyl (C=O) groups excluding carboxylic acids is 2. The number of amides is 2. The Labute approximate surface area is 199 Å². The third-order valence-corrected chi connectivity index (χ3v) is 6.27. The maximum absolute atomic E-state index is 12.1. The molecule has 10 heteroatoms. The molecule has 0 aromatic heterocycles. The van der Waals surface area contributed by atoms with Crippen LogP contribution in [0.1, 0.15) is 32.1 Å². The normalized spacial score (nSPS) is 19.0. The maximum Gasteiger partial charge on any atom is 0.260 e. The molecule has 0 atom stereocenters. The van der Waals surface area contributed by atoms with Crippen LogP contribution >= 0.6 is 0 Å². The van der Waals surface area contributed by atoms with Crippen molar-refractivity contribution in [3.05, 3.63) is 0 Å². The second kappa shape index (κ2) is 17.2. The molecule has 0 spiro atoms. The lowest BCUT2D eigenvalue weighted by atomic mass is 10.2. The number of hydrogen-bond acceptors (Lipinski definition) is 8. The van der Waals surface area contributed by atoms with Crippen molar-refractivity contribution in [2.75, 3.05) is 106 Å². The van der Waals surface area contributed by atoms with Gasteiger partial charge in [0, 0.05) is 72.6 Å². The summed E-state index contributed by atoms with van der Waals surface area (Å²) < 4.78 is 10.9. The second-order valence-electron chi connectivity index (χ2n) is 9.05. The van der Waals surface area contributed by atoms with Gasteiger partial charge in [0.1, 0.15) is 13.2 Å². The fourth-order valence-corrected chi connectivity index (χ4v) is 4.02. The summed E-state index contributed by atoms with van der Waals surface area (Å²) in [6, 6.07) is 0. The van der Waals surface area contributed by atoms with Gasteiger partial charge in [0.15, 0.2) is 0 Å². The highest BCUT2D eigenvalue weighted by Gasteiger charge is 2.18. The van der Waals surface area contributed by atoms with Crippen LogP contribution < -0.4 is 10.7 Å². The molecule has 0 aromatic carbocycles. The molecule has 0 radical (unpaired) electrons. The van der Waals surface area contributed by atoms with Crippen molar-refractivity contribution in [3.8, 4) is 0 Å². The molecule has 0 aliphatic carbocycles. The number of nitrogens with one attached hydrogen (secondary N) is 2. The first kappa shape index (κ1) is 27.9. The molecular weight excluding hydrogens is 424 g/mol. The van der Waals surface area contributed by atoms with E-state index in [4.69, 9.17) is 9.47 Å². The van der Waals surface area contributed by atoms with Crippen molar-refractivity contribution < 1.29 is 19.1 Å². The van der Waals surface area contributed by atoms with Crippen LogP contribution in [0.15, 0.2) is 0 Å². The molecule has 2 fully saturated rings. The number of likely N-dealkylation sites (N-methyl/N-ethyl adjacent to an activating group) is 2. The van der Waals surface area contributed by atoms with Crippen molar-refractivity contribution in [2.45, 2.75) is 32.1 Å². The van der Waals surface area contributed by atoms with Crippen LogP contribution in [0.3, 0.4) is 0 Å². The molecule has 2 amide bonds. The maximum atomic E-state index is 12.1. The third kappa shape index (κ3) is 13.2. The highest BCUT2D eigenvalue weighted by Crippen LogP contribution is 2.04. The van der Waals surface area contributed by atoms with Crippen LogP contribution in [0.25, 0.3) is 0 Å². The zero-order valence-electron chi connectivity index (χ0n) is 20.9. The van der Waals surface area contributed by atoms with Gasteiger partial charge in [-0.1, -0.05) is 0 Å². The number of rotatable bonds is 16. The molecule has 2 heterocycles. The van der Waals surface area contributed by atoms with E-state index in [-0.39, 0.29) is 25.0 Å². The number of unbranched alkanes of at least 4 members (excludes halogenated alkanes) is 3. The van der Waals surface area contributed by atoms with Crippen LogP contribution in [0.5, 0.6) is 0 Å². The molecule has 2 N–H and O–H groups in total. The minimum atomic E-state index is -0.0803. The number of hydrogen-bond donors (Lipinski definition) is 2. The Balaban J connectivity index is 1.38. The van der Waals surface area contributed by atoms with Gasteiger partial charge in [0.25, 0.3) is 5.91 Å². The Morgan fingerprint density at radius 2 is 1.21 bits per heavy atom. The fourth-order valence-electron chi connectivity index (χ4n) is 4.02. The average Bonchev–Trinajstić information content (AvgIpc) is 2.82. The van der Waals surface area contributed by atoms with Gasteiger partial charge < -0.3 is 29.5 Å². The van der Waals surface area contributed by atoms with E-state index in [1.165, 1.54) is 0 Å². The van der Waals surface area contributed by atoms with Gasteiger partial charge in [-0.25, -0.2) is 5.01 Å². The average molecular weight is 471 g/mol. The van der Waals surface area contributed by atoms with E-state index in [0.717, 1.165) is 97.6 Å². The van der Waals surface area contributed by atoms with E-state index in [1.54, 1.807) is 7.05 Å². The largest absolute Gasteiger partial charge is 0.372 e. The van der Waals surface area contributed by atoms with Crippen LogP contribution in [0.2, 0.25) is 0 Å². The van der Waals surface area contributed by atoms with Gasteiger partial charge in [-0.2, -0.15) is 0 Å². The SMILES string of the molecule is CNC(=O)COCCCCCN1CCN(NC(=O)COCCCCN2CCN(C)CC2)CC1. The monoisotopic (exact) mass is 470 g/mol. The van der Waals surface area contributed by atoms with E-state index in [2.05, 4.69) is 32.5 Å². The topological polar surface area (TPSA) is 89.6 Å². The molecule has 0 aromatic rings. The van der Waals surface area contributed by atoms with Crippen LogP contribution in [-0.2, 0) is 19.1 Å². The zero-order valence-corrected chi connectivity index (χ0v) is 20.9. The van der Waals surface area contributed by atoms with Crippen molar-refractivity contribution in [3.63, 3.8) is 0 Å². The van der Waals surface area contributed by atoms with E-state index in [9.17, 15) is 9.59 Å². The number of hydrazine groups is 1. The quantitative estimate of drug-likeness (QED) is 0.295. The summed E-state index contributed by atoms with van der Waals surface area (Å²) in [6.07, 6.45) is 5.31. The van der Waals surface area contributed by atoms with Crippen LogP contribution in [0, 0.1) is 0 Å². The lowest BCUT2D eigenvalue weighted by Crippen LogP contribution is -2.54. The molecule has 192 valence electrons. The van der Waals surface area contributed by atoms with Crippen molar-refractivity contribution in [1.82, 2.24) is 30.5 Å². The smallest absolute Gasteiger partial charge is 0.260 e. The predicted octanol–water partition coefficient (Wildman–Crippen LogP) is -0.388. The summed E-state index contributed by atoms with van der Waals surface area (Å²) in [5.41, 5.74) is 2.97. The molecule has 10 nitrogen and oxygen atoms in total. The number of nitrogens with zero attached hydrogens (tertiary/aromatic N) is 4. The minimum absolute atomic E-state index is 0.0562. The molecular formula is C23H46N6O4. The van der Waals surface area contributed by atoms with E-state index >= 15 is 0 Å². The summed E-state index contributed by atoms with van der Waals surface area (Å²) in [5.74, 6) is -0.137. The van der Waals surface area contributed by atoms with Crippen molar-refractivity contribution in [2.24, 2.45) is 0 Å². The summed E-state index contributed by atoms with van der Waals surface area (Å²) in [5, 5.41) is 4.55. The standard InChI is InChI=1S/C23H46N6O4/c1-24-22(30)20-32-18-6-3-4-8-28-14-16-29(17-15-28)25-23(31)21-33-19-7-5-9-27-12-10-26(2)11-13-27/h3-21H2,1-2H3,(H,24,30)(H,25,31). The Bertz CT molecular complexity index is 537. The highest BCUT2D eigenvalue weighted by molar-refractivity contribution is 5.77. The van der Waals surface area contributed by atoms with E-state index in [1.807, 2.05) is 5.01 Å². The summed E-state index contributed by atoms with van der Waals surface area (Å²) in [6.45, 7) is 12.0. The highest BCUT2D eigenvalue weighted by atomic mass is 16.5. The molecule has 0 bridgehead atoms. The molecule has 2 aliphatic rings. The predicted molar refractivity (Wildman–Crippen MR) is 129 cm³/mol. The lowest BCUT2D eigenvalue weighted by molar-refractivity contribution is -0.131. The molecule has 2 rings (SSSR count). The van der Waals surface area contributed by atoms with E-state index in [0.29, 0.717) is 13.2 Å². The molecule has 2 saturated heterocycles. The van der Waals surface area contributed by atoms with Gasteiger partial charge in [0.2, 0.25) is 5.91 Å². The van der Waals surface area contributed by atoms with Gasteiger partial charge >= 0.3 is 0 Å². The van der Waals surface area contributed by atoms with Gasteiger partial charge in [-0.05, 0) is 52.2 Å². The first-order valence-electron chi connectivity index (χ1n) is 12.6. The van der Waals surface area contributed by atoms with Crippen molar-refractivity contribution in [1.29, 1.82) is 0 Å². The number of piperazine rings is 2. The summed E-state index contributed by atoms with van der Waals surface area (Å²) >= 11 is 0. The third-order valence-electron chi connectivity index (χ3n) is 6.27. The first-order valence-corrected chi connectivity index (χ1v) is 12.6. The zero-order chi connectivity index (χ0) is 23.7. The van der Waals surface area contributed by atoms with Crippen LogP contribution in [-0.4, -0.2) is 137 Å². The lowest BCUT2D eigenvalue weighted by Gasteiger charge is -2.34. The Kier molecular flexibility index (Phi) is 14.5. The van der Waals surface area contributed by atoms with Gasteiger partial charge in [0.05, 0.1) is 0 Å². The summed E-state index contributed by atoms with van der Waals surface area (Å²) in [7, 11) is 3.79. The molecule has 33 heavy (non-hydrogen) atoms. The number of ether oxygens (including phenoxy) is 2. The van der Waals surface area contributed by atoms with Crippen molar-refractivity contribution >= 4 is 11.8 Å². The van der Waals surface area contributed by atoms with Crippen LogP contribution in [0.4, 0.5) is 0 Å². The fraction of sp³-hybridized carbons (Fsp3) is 0.913. The first-order chi connectivity index (χ1) is 16.1. The second-order valence-corrected chi connectivity index (χ2v) is 9.05. The summed E-state index contributed by atoms with van der Waals surface area (Å²) in [4.78, 5) is 30.5. The molecule has 0 unspecified atom stereocenters. The Morgan fingerprint density at radius 1 is 0.697 bits per heavy atom. The molecule has 0 saturated carbocycles. The van der Waals surface area contributed by atoms with E-state index < -0.39 is 0 Å². The minimum Gasteiger partial charge on any atom is -0.372 e. The molecule has 2 aliphatic heterocycles. The number of carbonyl (C=O) groups is 2. The van der Waals surface area contributed by atoms with Gasteiger partial charge in [-0.15, -0.1) is 0 Å².